The molecule has 1 aliphatic heterocycles. The van der Waals surface area contributed by atoms with Crippen LogP contribution in [-0.2, 0) is 20.9 Å². The first-order valence-electron chi connectivity index (χ1n) is 14.4. The predicted molar refractivity (Wildman–Crippen MR) is 179 cm³/mol. The van der Waals surface area contributed by atoms with Crippen molar-refractivity contribution in [2.45, 2.75) is 33.4 Å². The van der Waals surface area contributed by atoms with E-state index in [0.717, 1.165) is 5.56 Å². The van der Waals surface area contributed by atoms with Crippen LogP contribution in [-0.4, -0.2) is 36.8 Å². The molecule has 0 fully saturated rings. The summed E-state index contributed by atoms with van der Waals surface area (Å²) in [6.45, 7) is 5.91. The van der Waals surface area contributed by atoms with Crippen LogP contribution < -0.4 is 24.4 Å². The third-order valence-electron chi connectivity index (χ3n) is 7.11. The summed E-state index contributed by atoms with van der Waals surface area (Å²) in [6, 6.07) is 16.9. The van der Waals surface area contributed by atoms with Crippen molar-refractivity contribution in [1.82, 2.24) is 4.57 Å². The standard InChI is InChI=1S/C34H30BrClN2O7S/c1-5-43-32(40)22-13-11-20(12-14-22)18-45-30-24(35)15-21(16-26(30)42-4)17-27-31(39)38-29(23-9-7-8-10-25(23)36)28(33(41)44-6-2)19(3)37-34(38)46-27/h7-17,29H,5-6,18H2,1-4H3/b27-17-/t29-/m1/s1. The Labute approximate surface area is 282 Å². The predicted octanol–water partition coefficient (Wildman–Crippen LogP) is 5.98. The van der Waals surface area contributed by atoms with Crippen LogP contribution in [0.5, 0.6) is 11.5 Å². The van der Waals surface area contributed by atoms with E-state index in [-0.39, 0.29) is 30.3 Å². The molecule has 0 radical (unpaired) electrons. The maximum absolute atomic E-state index is 14.0. The molecule has 2 heterocycles. The first kappa shape index (κ1) is 33.2. The van der Waals surface area contributed by atoms with E-state index in [1.54, 1.807) is 81.4 Å². The molecule has 0 saturated carbocycles. The number of aromatic nitrogens is 1. The molecule has 0 aliphatic carbocycles. The lowest BCUT2D eigenvalue weighted by Gasteiger charge is -2.25. The second-order valence-electron chi connectivity index (χ2n) is 10.1. The van der Waals surface area contributed by atoms with Crippen LogP contribution in [0.2, 0.25) is 5.02 Å². The van der Waals surface area contributed by atoms with Gasteiger partial charge in [-0.2, -0.15) is 0 Å². The lowest BCUT2D eigenvalue weighted by atomic mass is 9.96. The minimum absolute atomic E-state index is 0.174. The van der Waals surface area contributed by atoms with E-state index in [2.05, 4.69) is 20.9 Å². The molecule has 1 atom stereocenters. The summed E-state index contributed by atoms with van der Waals surface area (Å²) in [5, 5.41) is 0.415. The number of halogens is 2. The Kier molecular flexibility index (Phi) is 10.5. The number of hydrogen-bond acceptors (Lipinski definition) is 9. The Morgan fingerprint density at radius 2 is 1.74 bits per heavy atom. The van der Waals surface area contributed by atoms with Gasteiger partial charge in [0, 0.05) is 5.02 Å². The maximum Gasteiger partial charge on any atom is 0.338 e. The number of ether oxygens (including phenoxy) is 4. The monoisotopic (exact) mass is 724 g/mol. The highest BCUT2D eigenvalue weighted by molar-refractivity contribution is 9.10. The van der Waals surface area contributed by atoms with E-state index in [4.69, 9.17) is 30.5 Å². The van der Waals surface area contributed by atoms with E-state index < -0.39 is 12.0 Å². The van der Waals surface area contributed by atoms with Crippen molar-refractivity contribution < 1.29 is 28.5 Å². The fraction of sp³-hybridized carbons (Fsp3) is 0.235. The number of hydrogen-bond donors (Lipinski definition) is 0. The molecule has 12 heteroatoms. The molecule has 0 amide bonds. The molecule has 4 aromatic rings. The zero-order valence-corrected chi connectivity index (χ0v) is 28.6. The molecular formula is C34H30BrClN2O7S. The molecule has 0 unspecified atom stereocenters. The van der Waals surface area contributed by atoms with Crippen molar-refractivity contribution >= 4 is 56.9 Å². The summed E-state index contributed by atoms with van der Waals surface area (Å²) in [6.07, 6.45) is 1.74. The van der Waals surface area contributed by atoms with Gasteiger partial charge in [-0.05, 0) is 89.8 Å². The Balaban J connectivity index is 1.50. The van der Waals surface area contributed by atoms with Crippen LogP contribution in [0.1, 0.15) is 53.9 Å². The summed E-state index contributed by atoms with van der Waals surface area (Å²) >= 11 is 11.4. The second-order valence-corrected chi connectivity index (χ2v) is 12.3. The topological polar surface area (TPSA) is 105 Å². The van der Waals surface area contributed by atoms with Gasteiger partial charge in [0.05, 0.1) is 46.2 Å². The third-order valence-corrected chi connectivity index (χ3v) is 9.03. The van der Waals surface area contributed by atoms with Crippen LogP contribution in [0.25, 0.3) is 6.08 Å². The van der Waals surface area contributed by atoms with Crippen molar-refractivity contribution in [2.24, 2.45) is 4.99 Å². The Morgan fingerprint density at radius 3 is 2.41 bits per heavy atom. The molecular weight excluding hydrogens is 696 g/mol. The lowest BCUT2D eigenvalue weighted by molar-refractivity contribution is -0.139. The fourth-order valence-electron chi connectivity index (χ4n) is 5.00. The normalized spacial score (nSPS) is 14.4. The molecule has 9 nitrogen and oxygen atoms in total. The van der Waals surface area contributed by atoms with Gasteiger partial charge in [0.25, 0.3) is 5.56 Å². The van der Waals surface area contributed by atoms with Crippen molar-refractivity contribution in [3.8, 4) is 11.5 Å². The van der Waals surface area contributed by atoms with Crippen molar-refractivity contribution in [1.29, 1.82) is 0 Å². The summed E-state index contributed by atoms with van der Waals surface area (Å²) < 4.78 is 24.6. The summed E-state index contributed by atoms with van der Waals surface area (Å²) in [4.78, 5) is 44.1. The number of nitrogens with zero attached hydrogens (tertiary/aromatic N) is 2. The molecule has 46 heavy (non-hydrogen) atoms. The molecule has 238 valence electrons. The number of benzene rings is 3. The molecule has 3 aromatic carbocycles. The van der Waals surface area contributed by atoms with Gasteiger partial charge in [0.15, 0.2) is 16.3 Å². The molecule has 0 bridgehead atoms. The molecule has 1 aromatic heterocycles. The van der Waals surface area contributed by atoms with Gasteiger partial charge in [0.2, 0.25) is 0 Å². The second kappa shape index (κ2) is 14.5. The maximum atomic E-state index is 14.0. The van der Waals surface area contributed by atoms with Crippen molar-refractivity contribution in [2.75, 3.05) is 20.3 Å². The molecule has 1 aliphatic rings. The van der Waals surface area contributed by atoms with E-state index in [0.29, 0.717) is 59.3 Å². The van der Waals surface area contributed by atoms with Crippen molar-refractivity contribution in [3.63, 3.8) is 0 Å². The SMILES string of the molecule is CCOC(=O)C1=C(C)N=c2s/c(=C\c3cc(Br)c(OCc4ccc(C(=O)OCC)cc4)c(OC)c3)c(=O)n2[C@@H]1c1ccccc1Cl. The van der Waals surface area contributed by atoms with Gasteiger partial charge in [-0.3, -0.25) is 9.36 Å². The van der Waals surface area contributed by atoms with Gasteiger partial charge in [0.1, 0.15) is 12.6 Å². The zero-order chi connectivity index (χ0) is 33.0. The number of esters is 2. The van der Waals surface area contributed by atoms with Crippen molar-refractivity contribution in [3.05, 3.63) is 123 Å². The Bertz CT molecular complexity index is 2020. The lowest BCUT2D eigenvalue weighted by Crippen LogP contribution is -2.40. The highest BCUT2D eigenvalue weighted by Gasteiger charge is 2.34. The molecule has 0 N–H and O–H groups in total. The zero-order valence-electron chi connectivity index (χ0n) is 25.5. The van der Waals surface area contributed by atoms with E-state index in [9.17, 15) is 14.4 Å². The molecule has 5 rings (SSSR count). The number of fused-ring (bicyclic) bond motifs is 1. The molecule has 0 saturated heterocycles. The van der Waals surface area contributed by atoms with Crippen LogP contribution in [0.15, 0.2) is 86.2 Å². The smallest absolute Gasteiger partial charge is 0.338 e. The minimum Gasteiger partial charge on any atom is -0.493 e. The van der Waals surface area contributed by atoms with Gasteiger partial charge < -0.3 is 18.9 Å². The fourth-order valence-corrected chi connectivity index (χ4v) is 6.86. The minimum atomic E-state index is -0.811. The van der Waals surface area contributed by atoms with Gasteiger partial charge in [-0.25, -0.2) is 14.6 Å². The summed E-state index contributed by atoms with van der Waals surface area (Å²) in [5.41, 5.74) is 2.96. The average molecular weight is 726 g/mol. The van der Waals surface area contributed by atoms with Gasteiger partial charge in [-0.1, -0.05) is 53.3 Å². The number of methoxy groups -OCH3 is 1. The van der Waals surface area contributed by atoms with E-state index in [1.807, 2.05) is 6.07 Å². The van der Waals surface area contributed by atoms with E-state index >= 15 is 0 Å². The number of carbonyl (C=O) groups excluding carboxylic acids is 2. The average Bonchev–Trinajstić information content (AvgIpc) is 3.34. The highest BCUT2D eigenvalue weighted by Crippen LogP contribution is 2.38. The first-order chi connectivity index (χ1) is 22.2. The Morgan fingerprint density at radius 1 is 1.04 bits per heavy atom. The number of allylic oxidation sites excluding steroid dienone is 1. The van der Waals surface area contributed by atoms with Crippen LogP contribution in [0.3, 0.4) is 0 Å². The van der Waals surface area contributed by atoms with Crippen LogP contribution in [0.4, 0.5) is 0 Å². The summed E-state index contributed by atoms with van der Waals surface area (Å²) in [5.74, 6) is -0.00609. The quantitative estimate of drug-likeness (QED) is 0.185. The first-order valence-corrected chi connectivity index (χ1v) is 16.4. The number of thiazole rings is 1. The third kappa shape index (κ3) is 6.81. The number of carbonyl (C=O) groups is 2. The largest absolute Gasteiger partial charge is 0.493 e. The van der Waals surface area contributed by atoms with E-state index in [1.165, 1.54) is 23.0 Å². The van der Waals surface area contributed by atoms with Gasteiger partial charge >= 0.3 is 11.9 Å². The Hall–Kier alpha value is -4.19. The molecule has 0 spiro atoms. The van der Waals surface area contributed by atoms with Gasteiger partial charge in [-0.15, -0.1) is 0 Å². The highest BCUT2D eigenvalue weighted by atomic mass is 79.9. The van der Waals surface area contributed by atoms with Crippen LogP contribution >= 0.6 is 38.9 Å². The van der Waals surface area contributed by atoms with Crippen LogP contribution in [0, 0.1) is 0 Å². The number of rotatable bonds is 10. The summed E-state index contributed by atoms with van der Waals surface area (Å²) in [7, 11) is 1.53.